The van der Waals surface area contributed by atoms with Crippen molar-refractivity contribution in [1.82, 2.24) is 14.4 Å². The summed E-state index contributed by atoms with van der Waals surface area (Å²) in [6.07, 6.45) is 0. The van der Waals surface area contributed by atoms with E-state index >= 15 is 0 Å². The van der Waals surface area contributed by atoms with E-state index in [0.717, 1.165) is 0 Å². The molecule has 0 aliphatic carbocycles. The van der Waals surface area contributed by atoms with Gasteiger partial charge in [0.2, 0.25) is 5.91 Å². The van der Waals surface area contributed by atoms with Crippen molar-refractivity contribution in [2.24, 2.45) is 18.4 Å². The SMILES string of the molecule is COCC(=O)N1C[C@@H]2CN(Cc3cc4ccccc4n3C)C[C@]2(C(=O)O)C1. The van der Waals surface area contributed by atoms with Crippen LogP contribution in [0.2, 0.25) is 0 Å². The number of benzene rings is 1. The number of para-hydroxylation sites is 1. The number of carbonyl (C=O) groups excluding carboxylic acids is 1. The van der Waals surface area contributed by atoms with Crippen LogP contribution in [0.25, 0.3) is 10.9 Å². The molecular weight excluding hydrogens is 346 g/mol. The average molecular weight is 371 g/mol. The van der Waals surface area contributed by atoms with Crippen LogP contribution in [0, 0.1) is 11.3 Å². The number of amides is 1. The van der Waals surface area contributed by atoms with Gasteiger partial charge in [-0.2, -0.15) is 0 Å². The summed E-state index contributed by atoms with van der Waals surface area (Å²) in [5.74, 6) is -0.988. The number of carboxylic acids is 1. The van der Waals surface area contributed by atoms with Gasteiger partial charge < -0.3 is 19.3 Å². The number of aliphatic carboxylic acids is 1. The Balaban J connectivity index is 1.52. The number of nitrogens with zero attached hydrogens (tertiary/aromatic N) is 3. The normalized spacial score (nSPS) is 25.3. The van der Waals surface area contributed by atoms with Gasteiger partial charge in [0.15, 0.2) is 0 Å². The van der Waals surface area contributed by atoms with Gasteiger partial charge in [0.25, 0.3) is 0 Å². The van der Waals surface area contributed by atoms with Gasteiger partial charge in [0, 0.05) is 64.0 Å². The quantitative estimate of drug-likeness (QED) is 0.854. The summed E-state index contributed by atoms with van der Waals surface area (Å²) in [6.45, 7) is 2.61. The molecule has 4 rings (SSSR count). The first-order valence-corrected chi connectivity index (χ1v) is 9.20. The zero-order valence-corrected chi connectivity index (χ0v) is 15.7. The minimum atomic E-state index is -0.881. The van der Waals surface area contributed by atoms with E-state index in [1.54, 1.807) is 4.90 Å². The maximum atomic E-state index is 12.1. The van der Waals surface area contributed by atoms with Gasteiger partial charge in [0.1, 0.15) is 12.0 Å². The van der Waals surface area contributed by atoms with Crippen molar-refractivity contribution < 1.29 is 19.4 Å². The summed E-state index contributed by atoms with van der Waals surface area (Å²) in [6, 6.07) is 10.4. The molecule has 144 valence electrons. The second-order valence-corrected chi connectivity index (χ2v) is 7.79. The van der Waals surface area contributed by atoms with E-state index in [0.29, 0.717) is 26.2 Å². The molecule has 1 aromatic carbocycles. The molecule has 2 atom stereocenters. The van der Waals surface area contributed by atoms with Crippen LogP contribution in [0.15, 0.2) is 30.3 Å². The van der Waals surface area contributed by atoms with Gasteiger partial charge >= 0.3 is 5.97 Å². The molecule has 3 heterocycles. The molecule has 2 aliphatic rings. The van der Waals surface area contributed by atoms with Crippen molar-refractivity contribution in [3.63, 3.8) is 0 Å². The molecular formula is C20H25N3O4. The van der Waals surface area contributed by atoms with Crippen LogP contribution in [-0.4, -0.2) is 71.2 Å². The van der Waals surface area contributed by atoms with E-state index in [9.17, 15) is 14.7 Å². The number of aryl methyl sites for hydroxylation is 1. The monoisotopic (exact) mass is 371 g/mol. The van der Waals surface area contributed by atoms with E-state index in [1.807, 2.05) is 19.2 Å². The highest BCUT2D eigenvalue weighted by atomic mass is 16.5. The van der Waals surface area contributed by atoms with Crippen LogP contribution >= 0.6 is 0 Å². The zero-order valence-electron chi connectivity index (χ0n) is 15.7. The lowest BCUT2D eigenvalue weighted by atomic mass is 9.81. The van der Waals surface area contributed by atoms with Crippen LogP contribution in [-0.2, 0) is 27.9 Å². The first-order valence-electron chi connectivity index (χ1n) is 9.20. The molecule has 0 bridgehead atoms. The number of likely N-dealkylation sites (tertiary alicyclic amines) is 2. The van der Waals surface area contributed by atoms with E-state index in [-0.39, 0.29) is 25.0 Å². The molecule has 2 saturated heterocycles. The van der Waals surface area contributed by atoms with Crippen molar-refractivity contribution in [3.8, 4) is 0 Å². The van der Waals surface area contributed by atoms with Crippen LogP contribution in [0.1, 0.15) is 5.69 Å². The van der Waals surface area contributed by atoms with E-state index in [1.165, 1.54) is 23.7 Å². The molecule has 0 spiro atoms. The Labute approximate surface area is 158 Å². The van der Waals surface area contributed by atoms with E-state index < -0.39 is 11.4 Å². The molecule has 2 aromatic rings. The molecule has 7 nitrogen and oxygen atoms in total. The lowest BCUT2D eigenvalue weighted by Crippen LogP contribution is -2.42. The number of aromatic nitrogens is 1. The summed E-state index contributed by atoms with van der Waals surface area (Å²) in [5, 5.41) is 11.1. The van der Waals surface area contributed by atoms with Crippen LogP contribution in [0.5, 0.6) is 0 Å². The van der Waals surface area contributed by atoms with Crippen molar-refractivity contribution in [2.45, 2.75) is 6.54 Å². The first kappa shape index (κ1) is 18.0. The van der Waals surface area contributed by atoms with Crippen molar-refractivity contribution in [2.75, 3.05) is 39.9 Å². The Morgan fingerprint density at radius 3 is 2.70 bits per heavy atom. The second-order valence-electron chi connectivity index (χ2n) is 7.79. The summed E-state index contributed by atoms with van der Waals surface area (Å²) >= 11 is 0. The smallest absolute Gasteiger partial charge is 0.313 e. The molecule has 1 N–H and O–H groups in total. The summed E-state index contributed by atoms with van der Waals surface area (Å²) < 4.78 is 7.09. The summed E-state index contributed by atoms with van der Waals surface area (Å²) in [7, 11) is 3.53. The third kappa shape index (κ3) is 2.91. The Kier molecular flexibility index (Phi) is 4.44. The Bertz CT molecular complexity index is 892. The number of methoxy groups -OCH3 is 1. The topological polar surface area (TPSA) is 75.0 Å². The van der Waals surface area contributed by atoms with Gasteiger partial charge in [-0.15, -0.1) is 0 Å². The van der Waals surface area contributed by atoms with Crippen molar-refractivity contribution >= 4 is 22.8 Å². The van der Waals surface area contributed by atoms with Crippen LogP contribution in [0.4, 0.5) is 0 Å². The Morgan fingerprint density at radius 2 is 2.04 bits per heavy atom. The number of carbonyl (C=O) groups is 2. The predicted molar refractivity (Wildman–Crippen MR) is 100 cm³/mol. The number of ether oxygens (including phenoxy) is 1. The molecule has 2 aliphatic heterocycles. The number of fused-ring (bicyclic) bond motifs is 2. The molecule has 0 radical (unpaired) electrons. The Morgan fingerprint density at radius 1 is 1.26 bits per heavy atom. The van der Waals surface area contributed by atoms with Gasteiger partial charge in [0.05, 0.1) is 0 Å². The fraction of sp³-hybridized carbons (Fsp3) is 0.500. The molecule has 7 heteroatoms. The maximum absolute atomic E-state index is 12.1. The van der Waals surface area contributed by atoms with Gasteiger partial charge in [-0.1, -0.05) is 18.2 Å². The van der Waals surface area contributed by atoms with Crippen molar-refractivity contribution in [1.29, 1.82) is 0 Å². The highest BCUT2D eigenvalue weighted by Crippen LogP contribution is 2.43. The third-order valence-electron chi connectivity index (χ3n) is 6.16. The highest BCUT2D eigenvalue weighted by molar-refractivity contribution is 5.83. The second kappa shape index (κ2) is 6.65. The molecule has 27 heavy (non-hydrogen) atoms. The lowest BCUT2D eigenvalue weighted by Gasteiger charge is -2.25. The molecule has 1 aromatic heterocycles. The van der Waals surface area contributed by atoms with Gasteiger partial charge in [-0.05, 0) is 17.5 Å². The van der Waals surface area contributed by atoms with Gasteiger partial charge in [-0.25, -0.2) is 0 Å². The summed E-state index contributed by atoms with van der Waals surface area (Å²) in [5.41, 5.74) is 1.47. The van der Waals surface area contributed by atoms with E-state index in [4.69, 9.17) is 4.74 Å². The maximum Gasteiger partial charge on any atom is 0.313 e. The zero-order chi connectivity index (χ0) is 19.2. The third-order valence-corrected chi connectivity index (χ3v) is 6.16. The standard InChI is InChI=1S/C20H25N3O4/c1-21-16(7-14-5-3-4-6-17(14)21)10-22-8-15-9-23(18(24)11-27-2)13-20(15,12-22)19(25)26/h3-7,15H,8-13H2,1-2H3,(H,25,26)/t15-,20-/m0/s1. The average Bonchev–Trinajstić information content (AvgIpc) is 3.25. The lowest BCUT2D eigenvalue weighted by molar-refractivity contribution is -0.149. The number of hydrogen-bond donors (Lipinski definition) is 1. The molecule has 2 fully saturated rings. The predicted octanol–water partition coefficient (Wildman–Crippen LogP) is 1.17. The van der Waals surface area contributed by atoms with Crippen LogP contribution in [0.3, 0.4) is 0 Å². The minimum absolute atomic E-state index is 0.00206. The largest absolute Gasteiger partial charge is 0.481 e. The minimum Gasteiger partial charge on any atom is -0.481 e. The fourth-order valence-corrected chi connectivity index (χ4v) is 4.72. The van der Waals surface area contributed by atoms with Gasteiger partial charge in [-0.3, -0.25) is 14.5 Å². The number of carboxylic acid groups (broad SMARTS) is 1. The highest BCUT2D eigenvalue weighted by Gasteiger charge is 2.58. The van der Waals surface area contributed by atoms with E-state index in [2.05, 4.69) is 27.7 Å². The fourth-order valence-electron chi connectivity index (χ4n) is 4.72. The van der Waals surface area contributed by atoms with Crippen molar-refractivity contribution in [3.05, 3.63) is 36.0 Å². The first-order chi connectivity index (χ1) is 12.9. The molecule has 0 saturated carbocycles. The van der Waals surface area contributed by atoms with Crippen LogP contribution < -0.4 is 0 Å². The molecule has 1 amide bonds. The number of hydrogen-bond acceptors (Lipinski definition) is 4. The summed E-state index contributed by atoms with van der Waals surface area (Å²) in [4.78, 5) is 28.1. The number of rotatable bonds is 5. The Hall–Kier alpha value is -2.38. The molecule has 0 unspecified atom stereocenters.